The molecule has 0 atom stereocenters. The summed E-state index contributed by atoms with van der Waals surface area (Å²) in [6.07, 6.45) is 0. The van der Waals surface area contributed by atoms with Crippen LogP contribution in [0.2, 0.25) is 0 Å². The largest absolute Gasteiger partial charge is 0.507 e. The van der Waals surface area contributed by atoms with Crippen LogP contribution in [-0.2, 0) is 0 Å². The van der Waals surface area contributed by atoms with Gasteiger partial charge in [0.2, 0.25) is 0 Å². The summed E-state index contributed by atoms with van der Waals surface area (Å²) in [6.45, 7) is 0. The van der Waals surface area contributed by atoms with Crippen LogP contribution in [0.4, 0.5) is 0 Å². The van der Waals surface area contributed by atoms with Crippen LogP contribution < -0.4 is 4.74 Å². The Hall–Kier alpha value is -3.53. The van der Waals surface area contributed by atoms with E-state index in [1.807, 2.05) is 30.3 Å². The Morgan fingerprint density at radius 3 is 2.20 bits per heavy atom. The number of hydrogen-bond donors (Lipinski definition) is 2. The van der Waals surface area contributed by atoms with E-state index in [9.17, 15) is 15.0 Å². The molecule has 0 spiro atoms. The molecule has 4 heteroatoms. The summed E-state index contributed by atoms with van der Waals surface area (Å²) in [6, 6.07) is 21.0. The Morgan fingerprint density at radius 2 is 1.40 bits per heavy atom. The van der Waals surface area contributed by atoms with Gasteiger partial charge in [0.1, 0.15) is 22.8 Å². The maximum Gasteiger partial charge on any atom is 0.347 e. The van der Waals surface area contributed by atoms with Crippen molar-refractivity contribution in [1.29, 1.82) is 0 Å². The molecule has 0 aliphatic heterocycles. The highest BCUT2D eigenvalue weighted by Crippen LogP contribution is 2.36. The SMILES string of the molecule is O=C(Oc1cccc2ccccc12)c1cc(O)c2ccccc2c1O. The van der Waals surface area contributed by atoms with Gasteiger partial charge in [-0.1, -0.05) is 60.7 Å². The summed E-state index contributed by atoms with van der Waals surface area (Å²) in [5.74, 6) is -0.623. The Labute approximate surface area is 143 Å². The molecule has 0 fully saturated rings. The first kappa shape index (κ1) is 15.0. The third-order valence-corrected chi connectivity index (χ3v) is 4.17. The summed E-state index contributed by atoms with van der Waals surface area (Å²) in [5, 5.41) is 23.2. The van der Waals surface area contributed by atoms with Gasteiger partial charge >= 0.3 is 5.97 Å². The summed E-state index contributed by atoms with van der Waals surface area (Å²) in [4.78, 5) is 12.6. The Bertz CT molecular complexity index is 1110. The molecule has 0 saturated heterocycles. The molecule has 4 nitrogen and oxygen atoms in total. The smallest absolute Gasteiger partial charge is 0.347 e. The second kappa shape index (κ2) is 5.83. The molecular formula is C21H14O4. The third kappa shape index (κ3) is 2.54. The van der Waals surface area contributed by atoms with E-state index in [-0.39, 0.29) is 17.1 Å². The Balaban J connectivity index is 1.79. The third-order valence-electron chi connectivity index (χ3n) is 4.17. The fraction of sp³-hybridized carbons (Fsp3) is 0. The zero-order chi connectivity index (χ0) is 17.4. The molecule has 0 amide bonds. The first-order chi connectivity index (χ1) is 12.1. The second-order valence-corrected chi connectivity index (χ2v) is 5.70. The lowest BCUT2D eigenvalue weighted by Gasteiger charge is -2.11. The summed E-state index contributed by atoms with van der Waals surface area (Å²) in [7, 11) is 0. The first-order valence-electron chi connectivity index (χ1n) is 7.79. The van der Waals surface area contributed by atoms with Gasteiger partial charge in [0.25, 0.3) is 0 Å². The number of phenolic OH excluding ortho intramolecular Hbond substituents is 2. The number of ether oxygens (including phenoxy) is 1. The van der Waals surface area contributed by atoms with Crippen molar-refractivity contribution in [2.45, 2.75) is 0 Å². The maximum absolute atomic E-state index is 12.6. The normalized spacial score (nSPS) is 10.9. The molecule has 4 rings (SSSR count). The van der Waals surface area contributed by atoms with Gasteiger partial charge in [-0.25, -0.2) is 4.79 Å². The van der Waals surface area contributed by atoms with Gasteiger partial charge in [0.05, 0.1) is 0 Å². The average Bonchev–Trinajstić information content (AvgIpc) is 2.65. The maximum atomic E-state index is 12.6. The van der Waals surface area contributed by atoms with Crippen LogP contribution in [0.5, 0.6) is 17.2 Å². The molecule has 122 valence electrons. The van der Waals surface area contributed by atoms with Gasteiger partial charge in [-0.2, -0.15) is 0 Å². The quantitative estimate of drug-likeness (QED) is 0.320. The molecule has 0 unspecified atom stereocenters. The molecule has 0 heterocycles. The first-order valence-corrected chi connectivity index (χ1v) is 7.79. The molecular weight excluding hydrogens is 316 g/mol. The van der Waals surface area contributed by atoms with E-state index in [4.69, 9.17) is 4.74 Å². The monoisotopic (exact) mass is 330 g/mol. The summed E-state index contributed by atoms with van der Waals surface area (Å²) >= 11 is 0. The minimum absolute atomic E-state index is 0.0795. The van der Waals surface area contributed by atoms with Crippen molar-refractivity contribution in [3.05, 3.63) is 78.4 Å². The van der Waals surface area contributed by atoms with Crippen LogP contribution >= 0.6 is 0 Å². The predicted octanol–water partition coefficient (Wildman–Crippen LogP) is 4.62. The molecule has 4 aromatic carbocycles. The van der Waals surface area contributed by atoms with E-state index in [0.717, 1.165) is 10.8 Å². The number of fused-ring (bicyclic) bond motifs is 2. The molecule has 0 aliphatic carbocycles. The molecule has 4 aromatic rings. The summed E-state index contributed by atoms with van der Waals surface area (Å²) in [5.41, 5.74) is -0.0795. The number of hydrogen-bond acceptors (Lipinski definition) is 4. The van der Waals surface area contributed by atoms with Gasteiger partial charge in [-0.05, 0) is 17.5 Å². The van der Waals surface area contributed by atoms with Gasteiger partial charge in [-0.15, -0.1) is 0 Å². The van der Waals surface area contributed by atoms with Crippen molar-refractivity contribution in [2.24, 2.45) is 0 Å². The molecule has 0 bridgehead atoms. The van der Waals surface area contributed by atoms with Crippen LogP contribution in [0.25, 0.3) is 21.5 Å². The molecule has 0 aliphatic rings. The number of carbonyl (C=O) groups excluding carboxylic acids is 1. The molecule has 0 saturated carbocycles. The van der Waals surface area contributed by atoms with Crippen molar-refractivity contribution in [1.82, 2.24) is 0 Å². The highest BCUT2D eigenvalue weighted by molar-refractivity contribution is 6.05. The number of rotatable bonds is 2. The Kier molecular flexibility index (Phi) is 3.51. The lowest BCUT2D eigenvalue weighted by atomic mass is 10.0. The molecule has 0 radical (unpaired) electrons. The minimum Gasteiger partial charge on any atom is -0.507 e. The fourth-order valence-corrected chi connectivity index (χ4v) is 2.94. The van der Waals surface area contributed by atoms with Crippen LogP contribution in [0.1, 0.15) is 10.4 Å². The zero-order valence-electron chi connectivity index (χ0n) is 13.1. The Morgan fingerprint density at radius 1 is 0.760 bits per heavy atom. The fourth-order valence-electron chi connectivity index (χ4n) is 2.94. The number of benzene rings is 4. The van der Waals surface area contributed by atoms with Crippen molar-refractivity contribution >= 4 is 27.5 Å². The van der Waals surface area contributed by atoms with Crippen LogP contribution in [-0.4, -0.2) is 16.2 Å². The summed E-state index contributed by atoms with van der Waals surface area (Å²) < 4.78 is 5.49. The van der Waals surface area contributed by atoms with Gasteiger partial charge in [-0.3, -0.25) is 0 Å². The van der Waals surface area contributed by atoms with Crippen molar-refractivity contribution in [3.63, 3.8) is 0 Å². The van der Waals surface area contributed by atoms with Crippen molar-refractivity contribution in [3.8, 4) is 17.2 Å². The number of carbonyl (C=O) groups is 1. The van der Waals surface area contributed by atoms with Crippen LogP contribution in [0.3, 0.4) is 0 Å². The van der Waals surface area contributed by atoms with Crippen molar-refractivity contribution < 1.29 is 19.7 Å². The lowest BCUT2D eigenvalue weighted by Crippen LogP contribution is -2.09. The second-order valence-electron chi connectivity index (χ2n) is 5.70. The average molecular weight is 330 g/mol. The zero-order valence-corrected chi connectivity index (χ0v) is 13.1. The number of phenols is 2. The molecule has 2 N–H and O–H groups in total. The van der Waals surface area contributed by atoms with E-state index < -0.39 is 5.97 Å². The lowest BCUT2D eigenvalue weighted by molar-refractivity contribution is 0.0734. The van der Waals surface area contributed by atoms with Gasteiger partial charge < -0.3 is 14.9 Å². The number of esters is 1. The van der Waals surface area contributed by atoms with Gasteiger partial charge in [0, 0.05) is 16.2 Å². The topological polar surface area (TPSA) is 66.8 Å². The standard InChI is InChI=1S/C21H14O4/c22-18-12-17(20(23)16-10-4-3-9-15(16)18)21(24)25-19-11-5-7-13-6-1-2-8-14(13)19/h1-12,22-23H. The van der Waals surface area contributed by atoms with E-state index in [0.29, 0.717) is 16.5 Å². The van der Waals surface area contributed by atoms with Crippen LogP contribution in [0, 0.1) is 0 Å². The minimum atomic E-state index is -0.727. The van der Waals surface area contributed by atoms with E-state index in [1.165, 1.54) is 6.07 Å². The van der Waals surface area contributed by atoms with E-state index >= 15 is 0 Å². The highest BCUT2D eigenvalue weighted by atomic mass is 16.5. The molecule has 0 aromatic heterocycles. The van der Waals surface area contributed by atoms with Crippen molar-refractivity contribution in [2.75, 3.05) is 0 Å². The predicted molar refractivity (Wildman–Crippen MR) is 96.2 cm³/mol. The molecule has 25 heavy (non-hydrogen) atoms. The van der Waals surface area contributed by atoms with Gasteiger partial charge in [0.15, 0.2) is 0 Å². The highest BCUT2D eigenvalue weighted by Gasteiger charge is 2.19. The number of aromatic hydroxyl groups is 2. The van der Waals surface area contributed by atoms with Crippen LogP contribution in [0.15, 0.2) is 72.8 Å². The van der Waals surface area contributed by atoms with E-state index in [1.54, 1.807) is 36.4 Å². The van der Waals surface area contributed by atoms with E-state index in [2.05, 4.69) is 0 Å².